The van der Waals surface area contributed by atoms with Gasteiger partial charge in [-0.25, -0.2) is 0 Å². The third-order valence-electron chi connectivity index (χ3n) is 1.68. The largest absolute Gasteiger partial charge is 0.384 e. The van der Waals surface area contributed by atoms with E-state index in [0.29, 0.717) is 5.82 Å². The van der Waals surface area contributed by atoms with Gasteiger partial charge in [0, 0.05) is 12.6 Å². The van der Waals surface area contributed by atoms with E-state index < -0.39 is 6.10 Å². The second kappa shape index (κ2) is 3.64. The van der Waals surface area contributed by atoms with Gasteiger partial charge >= 0.3 is 0 Å². The number of nitrogens with zero attached hydrogens (tertiary/aromatic N) is 3. The summed E-state index contributed by atoms with van der Waals surface area (Å²) in [6, 6.07) is 0.246. The average molecular weight is 170 g/mol. The lowest BCUT2D eigenvalue weighted by atomic mass is 10.3. The summed E-state index contributed by atoms with van der Waals surface area (Å²) in [4.78, 5) is 0. The second-order valence-electron chi connectivity index (χ2n) is 2.94. The molecular weight excluding hydrogens is 156 g/mol. The fourth-order valence-electron chi connectivity index (χ4n) is 0.993. The van der Waals surface area contributed by atoms with Gasteiger partial charge in [-0.05, 0) is 13.8 Å². The van der Waals surface area contributed by atoms with Crippen molar-refractivity contribution in [1.82, 2.24) is 14.8 Å². The molecule has 12 heavy (non-hydrogen) atoms. The molecule has 5 heteroatoms. The highest BCUT2D eigenvalue weighted by atomic mass is 16.3. The van der Waals surface area contributed by atoms with Gasteiger partial charge in [0.25, 0.3) is 0 Å². The minimum Gasteiger partial charge on any atom is -0.384 e. The van der Waals surface area contributed by atoms with Crippen LogP contribution in [0, 0.1) is 0 Å². The zero-order valence-corrected chi connectivity index (χ0v) is 7.31. The second-order valence-corrected chi connectivity index (χ2v) is 2.94. The molecule has 0 saturated carbocycles. The van der Waals surface area contributed by atoms with Gasteiger partial charge in [0.05, 0.1) is 0 Å². The van der Waals surface area contributed by atoms with Crippen LogP contribution < -0.4 is 5.73 Å². The number of aromatic nitrogens is 3. The maximum atomic E-state index is 9.40. The van der Waals surface area contributed by atoms with Crippen LogP contribution in [-0.4, -0.2) is 26.4 Å². The van der Waals surface area contributed by atoms with E-state index in [1.54, 1.807) is 10.9 Å². The van der Waals surface area contributed by atoms with Crippen molar-refractivity contribution in [2.24, 2.45) is 5.73 Å². The van der Waals surface area contributed by atoms with E-state index >= 15 is 0 Å². The van der Waals surface area contributed by atoms with Crippen molar-refractivity contribution in [3.8, 4) is 0 Å². The first-order valence-electron chi connectivity index (χ1n) is 3.94. The van der Waals surface area contributed by atoms with Crippen molar-refractivity contribution in [2.45, 2.75) is 26.0 Å². The zero-order chi connectivity index (χ0) is 9.14. The minimum absolute atomic E-state index is 0.172. The SMILES string of the molecule is CC(C)n1cnnc1C(O)CN. The Bertz CT molecular complexity index is 245. The molecule has 0 aliphatic rings. The number of hydrogen-bond donors (Lipinski definition) is 2. The molecule has 1 atom stereocenters. The quantitative estimate of drug-likeness (QED) is 0.661. The molecule has 0 bridgehead atoms. The summed E-state index contributed by atoms with van der Waals surface area (Å²) in [6.45, 7) is 4.16. The fraction of sp³-hybridized carbons (Fsp3) is 0.714. The van der Waals surface area contributed by atoms with E-state index in [2.05, 4.69) is 10.2 Å². The van der Waals surface area contributed by atoms with Gasteiger partial charge in [-0.1, -0.05) is 0 Å². The summed E-state index contributed by atoms with van der Waals surface area (Å²) in [5, 5.41) is 16.9. The van der Waals surface area contributed by atoms with Crippen molar-refractivity contribution in [1.29, 1.82) is 0 Å². The Kier molecular flexibility index (Phi) is 2.78. The molecule has 1 heterocycles. The van der Waals surface area contributed by atoms with E-state index in [0.717, 1.165) is 0 Å². The lowest BCUT2D eigenvalue weighted by Crippen LogP contribution is -2.17. The lowest BCUT2D eigenvalue weighted by Gasteiger charge is -2.12. The van der Waals surface area contributed by atoms with Gasteiger partial charge in [0.2, 0.25) is 0 Å². The molecule has 1 unspecified atom stereocenters. The van der Waals surface area contributed by atoms with Crippen molar-refractivity contribution in [3.05, 3.63) is 12.2 Å². The van der Waals surface area contributed by atoms with Gasteiger partial charge in [-0.2, -0.15) is 0 Å². The smallest absolute Gasteiger partial charge is 0.163 e. The summed E-state index contributed by atoms with van der Waals surface area (Å²) in [5.74, 6) is 0.535. The van der Waals surface area contributed by atoms with Gasteiger partial charge in [0.1, 0.15) is 12.4 Å². The molecule has 1 aromatic heterocycles. The van der Waals surface area contributed by atoms with Crippen molar-refractivity contribution in [3.63, 3.8) is 0 Å². The molecule has 0 aliphatic heterocycles. The number of aliphatic hydroxyl groups is 1. The normalized spacial score (nSPS) is 13.8. The highest BCUT2D eigenvalue weighted by molar-refractivity contribution is 4.93. The predicted molar refractivity (Wildman–Crippen MR) is 44.4 cm³/mol. The molecule has 1 aromatic rings. The maximum Gasteiger partial charge on any atom is 0.163 e. The first-order valence-corrected chi connectivity index (χ1v) is 3.94. The minimum atomic E-state index is -0.713. The average Bonchev–Trinajstić information content (AvgIpc) is 2.50. The zero-order valence-electron chi connectivity index (χ0n) is 7.31. The monoisotopic (exact) mass is 170 g/mol. The number of hydrogen-bond acceptors (Lipinski definition) is 4. The third kappa shape index (κ3) is 1.62. The number of rotatable bonds is 3. The number of aliphatic hydroxyl groups excluding tert-OH is 1. The Morgan fingerprint density at radius 1 is 1.67 bits per heavy atom. The molecular formula is C7H14N4O. The maximum absolute atomic E-state index is 9.40. The van der Waals surface area contributed by atoms with E-state index in [-0.39, 0.29) is 12.6 Å². The number of nitrogens with two attached hydrogens (primary N) is 1. The van der Waals surface area contributed by atoms with Crippen LogP contribution >= 0.6 is 0 Å². The molecule has 0 fully saturated rings. The Hall–Kier alpha value is -0.940. The van der Waals surface area contributed by atoms with Gasteiger partial charge < -0.3 is 15.4 Å². The molecule has 3 N–H and O–H groups in total. The van der Waals surface area contributed by atoms with E-state index in [9.17, 15) is 5.11 Å². The van der Waals surface area contributed by atoms with Crippen LogP contribution in [0.1, 0.15) is 31.8 Å². The van der Waals surface area contributed by atoms with Gasteiger partial charge in [-0.15, -0.1) is 10.2 Å². The topological polar surface area (TPSA) is 77.0 Å². The van der Waals surface area contributed by atoms with Crippen LogP contribution in [0.4, 0.5) is 0 Å². The molecule has 5 nitrogen and oxygen atoms in total. The highest BCUT2D eigenvalue weighted by Gasteiger charge is 2.14. The van der Waals surface area contributed by atoms with Crippen molar-refractivity contribution >= 4 is 0 Å². The van der Waals surface area contributed by atoms with Crippen LogP contribution in [0.3, 0.4) is 0 Å². The molecule has 0 aromatic carbocycles. The fourth-order valence-corrected chi connectivity index (χ4v) is 0.993. The van der Waals surface area contributed by atoms with Gasteiger partial charge in [0.15, 0.2) is 5.82 Å². The summed E-state index contributed by atoms with van der Waals surface area (Å²) in [5.41, 5.74) is 5.30. The Labute approximate surface area is 71.2 Å². The molecule has 0 amide bonds. The van der Waals surface area contributed by atoms with Crippen LogP contribution in [0.15, 0.2) is 6.33 Å². The summed E-state index contributed by atoms with van der Waals surface area (Å²) in [6.07, 6.45) is 0.883. The molecule has 0 spiro atoms. The first-order chi connectivity index (χ1) is 5.66. The molecule has 68 valence electrons. The Morgan fingerprint density at radius 2 is 2.33 bits per heavy atom. The Balaban J connectivity index is 2.91. The van der Waals surface area contributed by atoms with E-state index in [4.69, 9.17) is 5.73 Å². The molecule has 1 rings (SSSR count). The molecule has 0 radical (unpaired) electrons. The molecule has 0 aliphatic carbocycles. The lowest BCUT2D eigenvalue weighted by molar-refractivity contribution is 0.169. The summed E-state index contributed by atoms with van der Waals surface area (Å²) >= 11 is 0. The third-order valence-corrected chi connectivity index (χ3v) is 1.68. The van der Waals surface area contributed by atoms with Crippen LogP contribution in [0.2, 0.25) is 0 Å². The van der Waals surface area contributed by atoms with Crippen LogP contribution in [0.25, 0.3) is 0 Å². The summed E-state index contributed by atoms with van der Waals surface area (Å²) < 4.78 is 1.80. The van der Waals surface area contributed by atoms with Gasteiger partial charge in [-0.3, -0.25) is 0 Å². The van der Waals surface area contributed by atoms with Crippen molar-refractivity contribution in [2.75, 3.05) is 6.54 Å². The molecule has 0 saturated heterocycles. The Morgan fingerprint density at radius 3 is 2.83 bits per heavy atom. The first kappa shape index (κ1) is 9.15. The standard InChI is InChI=1S/C7H14N4O/c1-5(2)11-4-9-10-7(11)6(12)3-8/h4-6,12H,3,8H2,1-2H3. The predicted octanol–water partition coefficient (Wildman–Crippen LogP) is -0.149. The van der Waals surface area contributed by atoms with E-state index in [1.165, 1.54) is 0 Å². The van der Waals surface area contributed by atoms with E-state index in [1.807, 2.05) is 13.8 Å². The van der Waals surface area contributed by atoms with Crippen LogP contribution in [0.5, 0.6) is 0 Å². The van der Waals surface area contributed by atoms with Crippen LogP contribution in [-0.2, 0) is 0 Å². The highest BCUT2D eigenvalue weighted by Crippen LogP contribution is 2.12. The summed E-state index contributed by atoms with van der Waals surface area (Å²) in [7, 11) is 0. The van der Waals surface area contributed by atoms with Crippen molar-refractivity contribution < 1.29 is 5.11 Å².